The van der Waals surface area contributed by atoms with E-state index >= 15 is 0 Å². The number of ether oxygens (including phenoxy) is 1. The molecule has 0 saturated carbocycles. The lowest BCUT2D eigenvalue weighted by atomic mass is 10.2. The molecule has 1 unspecified atom stereocenters. The smallest absolute Gasteiger partial charge is 0.190 e. The molecule has 0 aromatic heterocycles. The fourth-order valence-electron chi connectivity index (χ4n) is 3.42. The number of guanidine groups is 1. The van der Waals surface area contributed by atoms with Crippen LogP contribution in [0.25, 0.3) is 0 Å². The van der Waals surface area contributed by atoms with E-state index in [0.717, 1.165) is 50.2 Å². The molecule has 182 valence electrons. The molecule has 1 aliphatic heterocycles. The molecular weight excluding hydrogens is 414 g/mol. The molecule has 1 heterocycles. The van der Waals surface area contributed by atoms with Crippen molar-refractivity contribution in [3.63, 3.8) is 0 Å². The number of rotatable bonds is 14. The van der Waals surface area contributed by atoms with Gasteiger partial charge in [0.2, 0.25) is 0 Å². The second-order valence-corrected chi connectivity index (χ2v) is 8.05. The fourth-order valence-corrected chi connectivity index (χ4v) is 3.42. The molecule has 5 N–H and O–H groups in total. The molecule has 33 heavy (non-hydrogen) atoms. The van der Waals surface area contributed by atoms with Crippen molar-refractivity contribution >= 4 is 12.2 Å². The molecule has 0 fully saturated rings. The number of dihydropyridines is 1. The molecule has 0 amide bonds. The third-order valence-electron chi connectivity index (χ3n) is 4.91. The average Bonchev–Trinajstić information content (AvgIpc) is 2.80. The van der Waals surface area contributed by atoms with Crippen LogP contribution in [0.4, 0.5) is 0 Å². The highest BCUT2D eigenvalue weighted by molar-refractivity contribution is 5.79. The zero-order valence-electron chi connectivity index (χ0n) is 20.6. The zero-order valence-corrected chi connectivity index (χ0v) is 20.6. The third-order valence-corrected chi connectivity index (χ3v) is 4.91. The van der Waals surface area contributed by atoms with Gasteiger partial charge in [-0.2, -0.15) is 5.10 Å². The van der Waals surface area contributed by atoms with Gasteiger partial charge < -0.3 is 26.0 Å². The van der Waals surface area contributed by atoms with Gasteiger partial charge in [-0.3, -0.25) is 10.4 Å². The van der Waals surface area contributed by atoms with Gasteiger partial charge in [0.05, 0.1) is 12.8 Å². The summed E-state index contributed by atoms with van der Waals surface area (Å²) in [6.45, 7) is 12.3. The monoisotopic (exact) mass is 455 g/mol. The van der Waals surface area contributed by atoms with E-state index in [1.807, 2.05) is 18.3 Å². The molecule has 8 nitrogen and oxygen atoms in total. The zero-order chi connectivity index (χ0) is 23.9. The van der Waals surface area contributed by atoms with Crippen LogP contribution < -0.4 is 21.8 Å². The van der Waals surface area contributed by atoms with E-state index in [-0.39, 0.29) is 6.17 Å². The first-order valence-corrected chi connectivity index (χ1v) is 12.0. The van der Waals surface area contributed by atoms with Crippen LogP contribution in [0.2, 0.25) is 0 Å². The number of aryl methyl sites for hydroxylation is 1. The van der Waals surface area contributed by atoms with E-state index in [4.69, 9.17) is 10.5 Å². The van der Waals surface area contributed by atoms with E-state index in [1.165, 1.54) is 5.56 Å². The van der Waals surface area contributed by atoms with E-state index in [0.29, 0.717) is 25.0 Å². The maximum atomic E-state index is 6.00. The standard InChI is InChI=1S/C25H41N7O/c1-5-11-27-25(26)28-12-15-33-24-18-22(32(13-6-2)14-7-3)17-23(30-24)31-29-19-21-10-8-9-20(4)16-21/h8-10,16-19,23,30-31H,5-7,11-15H2,1-4H3,(H3,26,27,28)/b29-19+. The van der Waals surface area contributed by atoms with Gasteiger partial charge in [0.1, 0.15) is 12.8 Å². The number of nitrogens with one attached hydrogen (secondary N) is 3. The first-order valence-electron chi connectivity index (χ1n) is 12.0. The fraction of sp³-hybridized carbons (Fsp3) is 0.520. The number of benzene rings is 1. The van der Waals surface area contributed by atoms with Crippen molar-refractivity contribution in [1.29, 1.82) is 0 Å². The summed E-state index contributed by atoms with van der Waals surface area (Å²) in [6, 6.07) is 8.24. The summed E-state index contributed by atoms with van der Waals surface area (Å²) in [5.41, 5.74) is 12.4. The lowest BCUT2D eigenvalue weighted by Gasteiger charge is -2.31. The Morgan fingerprint density at radius 3 is 2.70 bits per heavy atom. The quantitative estimate of drug-likeness (QED) is 0.149. The minimum Gasteiger partial charge on any atom is -0.477 e. The summed E-state index contributed by atoms with van der Waals surface area (Å²) in [5, 5.41) is 10.9. The highest BCUT2D eigenvalue weighted by atomic mass is 16.5. The van der Waals surface area contributed by atoms with Crippen LogP contribution in [0.5, 0.6) is 0 Å². The maximum absolute atomic E-state index is 6.00. The molecule has 0 saturated heterocycles. The van der Waals surface area contributed by atoms with Crippen LogP contribution in [0, 0.1) is 6.92 Å². The number of hydrogen-bond acceptors (Lipinski definition) is 6. The van der Waals surface area contributed by atoms with Crippen molar-refractivity contribution in [1.82, 2.24) is 21.0 Å². The van der Waals surface area contributed by atoms with Crippen LogP contribution in [0.1, 0.15) is 51.2 Å². The highest BCUT2D eigenvalue weighted by Gasteiger charge is 2.18. The Morgan fingerprint density at radius 1 is 1.21 bits per heavy atom. The normalized spacial score (nSPS) is 16.1. The summed E-state index contributed by atoms with van der Waals surface area (Å²) in [6.07, 6.45) is 9.00. The highest BCUT2D eigenvalue weighted by Crippen LogP contribution is 2.16. The summed E-state index contributed by atoms with van der Waals surface area (Å²) in [4.78, 5) is 6.62. The average molecular weight is 456 g/mol. The minimum atomic E-state index is -0.179. The van der Waals surface area contributed by atoms with Gasteiger partial charge in [0.25, 0.3) is 0 Å². The van der Waals surface area contributed by atoms with Crippen molar-refractivity contribution < 1.29 is 4.74 Å². The Labute approximate surface area is 199 Å². The van der Waals surface area contributed by atoms with Crippen molar-refractivity contribution in [2.75, 3.05) is 32.8 Å². The van der Waals surface area contributed by atoms with Crippen LogP contribution in [-0.4, -0.2) is 56.0 Å². The van der Waals surface area contributed by atoms with Crippen LogP contribution in [0.3, 0.4) is 0 Å². The maximum Gasteiger partial charge on any atom is 0.190 e. The molecule has 1 aromatic rings. The van der Waals surface area contributed by atoms with Gasteiger partial charge in [-0.05, 0) is 37.8 Å². The molecule has 2 rings (SSSR count). The lowest BCUT2D eigenvalue weighted by Crippen LogP contribution is -2.43. The molecule has 1 atom stereocenters. The summed E-state index contributed by atoms with van der Waals surface area (Å²) < 4.78 is 6.00. The van der Waals surface area contributed by atoms with Gasteiger partial charge in [-0.15, -0.1) is 0 Å². The van der Waals surface area contributed by atoms with E-state index < -0.39 is 0 Å². The lowest BCUT2D eigenvalue weighted by molar-refractivity contribution is 0.182. The number of hydrazone groups is 1. The molecule has 1 aliphatic rings. The number of nitrogens with zero attached hydrogens (tertiary/aromatic N) is 3. The predicted molar refractivity (Wildman–Crippen MR) is 138 cm³/mol. The van der Waals surface area contributed by atoms with Gasteiger partial charge in [-0.25, -0.2) is 0 Å². The van der Waals surface area contributed by atoms with Crippen LogP contribution in [-0.2, 0) is 4.74 Å². The Bertz CT molecular complexity index is 826. The predicted octanol–water partition coefficient (Wildman–Crippen LogP) is 3.03. The van der Waals surface area contributed by atoms with Crippen LogP contribution >= 0.6 is 0 Å². The van der Waals surface area contributed by atoms with E-state index in [1.54, 1.807) is 0 Å². The Hall–Kier alpha value is -3.16. The SMILES string of the molecule is CCCN=C(N)NCCOC1=CC(N(CCC)CCC)=CC(N/N=C/c2cccc(C)c2)N1. The molecule has 0 radical (unpaired) electrons. The van der Waals surface area contributed by atoms with E-state index in [9.17, 15) is 0 Å². The largest absolute Gasteiger partial charge is 0.477 e. The van der Waals surface area contributed by atoms with Crippen molar-refractivity contribution in [3.8, 4) is 0 Å². The van der Waals surface area contributed by atoms with Crippen molar-refractivity contribution in [2.24, 2.45) is 15.8 Å². The minimum absolute atomic E-state index is 0.179. The second kappa shape index (κ2) is 14.8. The Balaban J connectivity index is 2.02. The van der Waals surface area contributed by atoms with Gasteiger partial charge in [-0.1, -0.05) is 50.6 Å². The van der Waals surface area contributed by atoms with E-state index in [2.05, 4.69) is 83.0 Å². The topological polar surface area (TPSA) is 99.3 Å². The molecular formula is C25H41N7O. The molecule has 8 heteroatoms. The summed E-state index contributed by atoms with van der Waals surface area (Å²) in [5.74, 6) is 1.16. The first kappa shape index (κ1) is 26.1. The van der Waals surface area contributed by atoms with Gasteiger partial charge in [0.15, 0.2) is 11.8 Å². The molecule has 0 aliphatic carbocycles. The van der Waals surface area contributed by atoms with Crippen molar-refractivity contribution in [3.05, 3.63) is 59.1 Å². The summed E-state index contributed by atoms with van der Waals surface area (Å²) in [7, 11) is 0. The Kier molecular flexibility index (Phi) is 11.7. The number of allylic oxidation sites excluding steroid dienone is 1. The summed E-state index contributed by atoms with van der Waals surface area (Å²) >= 11 is 0. The first-order chi connectivity index (χ1) is 16.0. The third kappa shape index (κ3) is 9.89. The molecule has 1 aromatic carbocycles. The van der Waals surface area contributed by atoms with Gasteiger partial charge in [0, 0.05) is 31.4 Å². The molecule has 0 spiro atoms. The Morgan fingerprint density at radius 2 is 2.00 bits per heavy atom. The number of nitrogens with two attached hydrogens (primary N) is 1. The van der Waals surface area contributed by atoms with Crippen LogP contribution in [0.15, 0.2) is 58.1 Å². The number of hydrogen-bond donors (Lipinski definition) is 4. The number of aliphatic imine (C=N–C) groups is 1. The van der Waals surface area contributed by atoms with Crippen molar-refractivity contribution in [2.45, 2.75) is 53.1 Å². The second-order valence-electron chi connectivity index (χ2n) is 8.05. The van der Waals surface area contributed by atoms with Gasteiger partial charge >= 0.3 is 0 Å². The molecule has 0 bridgehead atoms.